The van der Waals surface area contributed by atoms with Gasteiger partial charge in [-0.15, -0.1) is 0 Å². The third-order valence-electron chi connectivity index (χ3n) is 4.90. The highest BCUT2D eigenvalue weighted by atomic mass is 16.1. The van der Waals surface area contributed by atoms with Crippen LogP contribution in [0.5, 0.6) is 0 Å². The molecule has 122 valence electrons. The van der Waals surface area contributed by atoms with E-state index >= 15 is 0 Å². The number of hydrogen-bond acceptors (Lipinski definition) is 2. The molecule has 3 aromatic rings. The number of hydrogen-bond donors (Lipinski definition) is 3. The van der Waals surface area contributed by atoms with Crippen LogP contribution in [0.2, 0.25) is 0 Å². The van der Waals surface area contributed by atoms with Gasteiger partial charge in [0.15, 0.2) is 0 Å². The largest absolute Gasteiger partial charge is 0.366 e. The van der Waals surface area contributed by atoms with Crippen molar-refractivity contribution < 1.29 is 4.79 Å². The average molecular weight is 319 g/mol. The number of carbonyl (C=O) groups is 1. The van der Waals surface area contributed by atoms with E-state index in [-0.39, 0.29) is 0 Å². The van der Waals surface area contributed by atoms with Gasteiger partial charge in [0, 0.05) is 28.7 Å². The first-order chi connectivity index (χ1) is 11.7. The molecule has 1 aromatic heterocycles. The van der Waals surface area contributed by atoms with Gasteiger partial charge in [0.1, 0.15) is 0 Å². The van der Waals surface area contributed by atoms with Crippen molar-refractivity contribution in [2.45, 2.75) is 25.3 Å². The summed E-state index contributed by atoms with van der Waals surface area (Å²) in [6.45, 7) is 1.13. The molecule has 2 heterocycles. The Kier molecular flexibility index (Phi) is 3.82. The van der Waals surface area contributed by atoms with Crippen LogP contribution in [0.3, 0.4) is 0 Å². The van der Waals surface area contributed by atoms with Crippen molar-refractivity contribution in [2.75, 3.05) is 6.54 Å². The van der Waals surface area contributed by atoms with Gasteiger partial charge in [-0.25, -0.2) is 0 Å². The molecule has 4 rings (SSSR count). The van der Waals surface area contributed by atoms with Crippen LogP contribution in [-0.4, -0.2) is 23.5 Å². The van der Waals surface area contributed by atoms with Gasteiger partial charge in [-0.3, -0.25) is 4.79 Å². The van der Waals surface area contributed by atoms with E-state index in [9.17, 15) is 4.79 Å². The summed E-state index contributed by atoms with van der Waals surface area (Å²) >= 11 is 0. The molecule has 4 N–H and O–H groups in total. The lowest BCUT2D eigenvalue weighted by molar-refractivity contribution is 0.100. The summed E-state index contributed by atoms with van der Waals surface area (Å²) in [6.07, 6.45) is 5.71. The Morgan fingerprint density at radius 1 is 1.12 bits per heavy atom. The van der Waals surface area contributed by atoms with Crippen LogP contribution < -0.4 is 11.1 Å². The Morgan fingerprint density at radius 3 is 2.62 bits per heavy atom. The number of rotatable bonds is 4. The number of primary amides is 1. The molecule has 1 saturated heterocycles. The summed E-state index contributed by atoms with van der Waals surface area (Å²) in [5, 5.41) is 4.84. The first-order valence-corrected chi connectivity index (χ1v) is 8.44. The van der Waals surface area contributed by atoms with Crippen molar-refractivity contribution in [3.8, 4) is 11.1 Å². The summed E-state index contributed by atoms with van der Waals surface area (Å²) in [6, 6.07) is 14.5. The molecule has 0 saturated carbocycles. The van der Waals surface area contributed by atoms with Crippen LogP contribution >= 0.6 is 0 Å². The van der Waals surface area contributed by atoms with Gasteiger partial charge in [-0.1, -0.05) is 18.2 Å². The fourth-order valence-corrected chi connectivity index (χ4v) is 3.55. The van der Waals surface area contributed by atoms with Crippen molar-refractivity contribution >= 4 is 16.8 Å². The van der Waals surface area contributed by atoms with Gasteiger partial charge in [0.05, 0.1) is 0 Å². The molecule has 0 spiro atoms. The number of nitrogens with one attached hydrogen (secondary N) is 2. The average Bonchev–Trinajstić information content (AvgIpc) is 3.25. The monoisotopic (exact) mass is 319 g/mol. The molecule has 1 atom stereocenters. The van der Waals surface area contributed by atoms with Crippen LogP contribution in [0.1, 0.15) is 28.8 Å². The van der Waals surface area contributed by atoms with E-state index in [4.69, 9.17) is 5.73 Å². The first kappa shape index (κ1) is 15.0. The smallest absolute Gasteiger partial charge is 0.248 e. The molecule has 0 bridgehead atoms. The van der Waals surface area contributed by atoms with Crippen LogP contribution in [0.15, 0.2) is 48.7 Å². The van der Waals surface area contributed by atoms with Gasteiger partial charge in [0.25, 0.3) is 0 Å². The highest BCUT2D eigenvalue weighted by Crippen LogP contribution is 2.28. The molecule has 1 aliphatic rings. The Balaban J connectivity index is 1.67. The van der Waals surface area contributed by atoms with Gasteiger partial charge in [-0.05, 0) is 66.8 Å². The topological polar surface area (TPSA) is 70.9 Å². The molecule has 1 fully saturated rings. The highest BCUT2D eigenvalue weighted by Gasteiger charge is 2.16. The van der Waals surface area contributed by atoms with Crippen molar-refractivity contribution in [2.24, 2.45) is 5.73 Å². The SMILES string of the molecule is NC(=O)c1ccc(-c2ccc3[nH]cc(C[C@H]4CCCN4)c3c2)cc1. The summed E-state index contributed by atoms with van der Waals surface area (Å²) < 4.78 is 0. The predicted octanol–water partition coefficient (Wildman–Crippen LogP) is 3.23. The third kappa shape index (κ3) is 2.81. The fraction of sp³-hybridized carbons (Fsp3) is 0.250. The van der Waals surface area contributed by atoms with Gasteiger partial charge in [0.2, 0.25) is 5.91 Å². The summed E-state index contributed by atoms with van der Waals surface area (Å²) in [5.41, 5.74) is 10.6. The molecule has 0 radical (unpaired) electrons. The number of fused-ring (bicyclic) bond motifs is 1. The van der Waals surface area contributed by atoms with Crippen molar-refractivity contribution in [3.05, 3.63) is 59.8 Å². The number of nitrogens with two attached hydrogens (primary N) is 1. The molecule has 4 heteroatoms. The highest BCUT2D eigenvalue weighted by molar-refractivity contribution is 5.93. The number of amides is 1. The zero-order valence-corrected chi connectivity index (χ0v) is 13.5. The van der Waals surface area contributed by atoms with Crippen LogP contribution in [0.4, 0.5) is 0 Å². The minimum Gasteiger partial charge on any atom is -0.366 e. The second-order valence-corrected chi connectivity index (χ2v) is 6.51. The molecular weight excluding hydrogens is 298 g/mol. The maximum Gasteiger partial charge on any atom is 0.248 e. The minimum absolute atomic E-state index is 0.394. The Bertz CT molecular complexity index is 874. The fourth-order valence-electron chi connectivity index (χ4n) is 3.55. The quantitative estimate of drug-likeness (QED) is 0.691. The minimum atomic E-state index is -0.394. The third-order valence-corrected chi connectivity index (χ3v) is 4.90. The van der Waals surface area contributed by atoms with Crippen molar-refractivity contribution in [1.82, 2.24) is 10.3 Å². The van der Waals surface area contributed by atoms with E-state index in [2.05, 4.69) is 34.7 Å². The molecule has 4 nitrogen and oxygen atoms in total. The van der Waals surface area contributed by atoms with Crippen molar-refractivity contribution in [3.63, 3.8) is 0 Å². The Labute approximate surface area is 141 Å². The van der Waals surface area contributed by atoms with E-state index in [1.165, 1.54) is 29.3 Å². The number of carbonyl (C=O) groups excluding carboxylic acids is 1. The van der Waals surface area contributed by atoms with Gasteiger partial charge < -0.3 is 16.0 Å². The normalized spacial score (nSPS) is 17.4. The maximum absolute atomic E-state index is 11.2. The maximum atomic E-state index is 11.2. The Hall–Kier alpha value is -2.59. The molecule has 1 amide bonds. The van der Waals surface area contributed by atoms with Crippen LogP contribution in [0, 0.1) is 0 Å². The molecule has 0 unspecified atom stereocenters. The first-order valence-electron chi connectivity index (χ1n) is 8.44. The lowest BCUT2D eigenvalue weighted by atomic mass is 9.99. The predicted molar refractivity (Wildman–Crippen MR) is 97.0 cm³/mol. The number of benzene rings is 2. The second-order valence-electron chi connectivity index (χ2n) is 6.51. The number of H-pyrrole nitrogens is 1. The number of aromatic nitrogens is 1. The molecule has 24 heavy (non-hydrogen) atoms. The summed E-state index contributed by atoms with van der Waals surface area (Å²) in [7, 11) is 0. The molecule has 0 aliphatic carbocycles. The zero-order chi connectivity index (χ0) is 16.5. The van der Waals surface area contributed by atoms with Gasteiger partial charge in [-0.2, -0.15) is 0 Å². The van der Waals surface area contributed by atoms with E-state index in [1.54, 1.807) is 12.1 Å². The molecular formula is C20H21N3O. The lowest BCUT2D eigenvalue weighted by Gasteiger charge is -2.09. The summed E-state index contributed by atoms with van der Waals surface area (Å²) in [4.78, 5) is 14.6. The standard InChI is InChI=1S/C20H21N3O/c21-20(24)14-5-3-13(4-6-14)15-7-8-19-18(11-15)16(12-23-19)10-17-2-1-9-22-17/h3-8,11-12,17,22-23H,1-2,9-10H2,(H2,21,24)/t17-/m1/s1. The number of aromatic amines is 1. The summed E-state index contributed by atoms with van der Waals surface area (Å²) in [5.74, 6) is -0.394. The van der Waals surface area contributed by atoms with Crippen LogP contribution in [-0.2, 0) is 6.42 Å². The van der Waals surface area contributed by atoms with E-state index in [0.717, 1.165) is 24.1 Å². The lowest BCUT2D eigenvalue weighted by Crippen LogP contribution is -2.23. The second kappa shape index (κ2) is 6.13. The van der Waals surface area contributed by atoms with Crippen molar-refractivity contribution in [1.29, 1.82) is 0 Å². The van der Waals surface area contributed by atoms with E-state index in [0.29, 0.717) is 11.6 Å². The molecule has 1 aliphatic heterocycles. The van der Waals surface area contributed by atoms with Crippen LogP contribution in [0.25, 0.3) is 22.0 Å². The van der Waals surface area contributed by atoms with E-state index < -0.39 is 5.91 Å². The van der Waals surface area contributed by atoms with Gasteiger partial charge >= 0.3 is 0 Å². The Morgan fingerprint density at radius 2 is 1.92 bits per heavy atom. The van der Waals surface area contributed by atoms with E-state index in [1.807, 2.05) is 12.1 Å². The molecule has 2 aromatic carbocycles. The zero-order valence-electron chi connectivity index (χ0n) is 13.5.